The van der Waals surface area contributed by atoms with Gasteiger partial charge in [0, 0.05) is 35.9 Å². The fourth-order valence-corrected chi connectivity index (χ4v) is 1.96. The van der Waals surface area contributed by atoms with Crippen LogP contribution in [0, 0.1) is 5.95 Å². The molecular weight excluding hydrogens is 311 g/mol. The monoisotopic (exact) mass is 322 g/mol. The van der Waals surface area contributed by atoms with Crippen molar-refractivity contribution in [1.82, 2.24) is 9.88 Å². The molecule has 0 bridgehead atoms. The topological polar surface area (TPSA) is 33.2 Å². The normalized spacial score (nSPS) is 10.3. The summed E-state index contributed by atoms with van der Waals surface area (Å²) in [4.78, 5) is 17.1. The highest BCUT2D eigenvalue weighted by molar-refractivity contribution is 9.10. The second-order valence-corrected chi connectivity index (χ2v) is 5.07. The summed E-state index contributed by atoms with van der Waals surface area (Å²) < 4.78 is 14.0. The number of carbonyl (C=O) groups excluding carboxylic acids is 1. The molecule has 0 N–H and O–H groups in total. The SMILES string of the molecule is CN(Cc1ccc(Br)cc1)C(=O)c1ccnc(F)c1. The number of aromatic nitrogens is 1. The summed E-state index contributed by atoms with van der Waals surface area (Å²) in [5.74, 6) is -0.882. The molecule has 1 aromatic heterocycles. The van der Waals surface area contributed by atoms with Crippen LogP contribution in [0.2, 0.25) is 0 Å². The van der Waals surface area contributed by atoms with Gasteiger partial charge < -0.3 is 4.90 Å². The fourth-order valence-electron chi connectivity index (χ4n) is 1.69. The van der Waals surface area contributed by atoms with Crippen LogP contribution in [0.15, 0.2) is 47.1 Å². The zero-order valence-corrected chi connectivity index (χ0v) is 11.9. The van der Waals surface area contributed by atoms with Crippen LogP contribution in [0.5, 0.6) is 0 Å². The number of rotatable bonds is 3. The molecule has 0 saturated carbocycles. The number of hydrogen-bond donors (Lipinski definition) is 0. The van der Waals surface area contributed by atoms with Gasteiger partial charge in [-0.25, -0.2) is 4.98 Å². The molecule has 0 aliphatic carbocycles. The highest BCUT2D eigenvalue weighted by Gasteiger charge is 2.12. The smallest absolute Gasteiger partial charge is 0.254 e. The van der Waals surface area contributed by atoms with Gasteiger partial charge in [0.2, 0.25) is 5.95 Å². The Labute approximate surface area is 119 Å². The van der Waals surface area contributed by atoms with Crippen molar-refractivity contribution in [3.05, 3.63) is 64.1 Å². The number of hydrogen-bond acceptors (Lipinski definition) is 2. The molecule has 5 heteroatoms. The summed E-state index contributed by atoms with van der Waals surface area (Å²) in [6.07, 6.45) is 1.29. The molecular formula is C14H12BrFN2O. The van der Waals surface area contributed by atoms with Crippen LogP contribution in [0.25, 0.3) is 0 Å². The molecule has 0 spiro atoms. The number of amides is 1. The summed E-state index contributed by atoms with van der Waals surface area (Å²) in [6, 6.07) is 10.3. The zero-order chi connectivity index (χ0) is 13.8. The Balaban J connectivity index is 2.09. The summed E-state index contributed by atoms with van der Waals surface area (Å²) >= 11 is 3.36. The van der Waals surface area contributed by atoms with E-state index in [0.29, 0.717) is 12.1 Å². The summed E-state index contributed by atoms with van der Waals surface area (Å²) in [7, 11) is 1.68. The van der Waals surface area contributed by atoms with Crippen LogP contribution in [-0.4, -0.2) is 22.8 Å². The molecule has 2 aromatic rings. The van der Waals surface area contributed by atoms with E-state index in [9.17, 15) is 9.18 Å². The summed E-state index contributed by atoms with van der Waals surface area (Å²) in [5.41, 5.74) is 1.31. The van der Waals surface area contributed by atoms with Crippen LogP contribution >= 0.6 is 15.9 Å². The molecule has 98 valence electrons. The predicted molar refractivity (Wildman–Crippen MR) is 74.1 cm³/mol. The Hall–Kier alpha value is -1.75. The van der Waals surface area contributed by atoms with Gasteiger partial charge in [0.25, 0.3) is 5.91 Å². The fraction of sp³-hybridized carbons (Fsp3) is 0.143. The van der Waals surface area contributed by atoms with Crippen molar-refractivity contribution in [1.29, 1.82) is 0 Å². The van der Waals surface area contributed by atoms with Gasteiger partial charge in [0.05, 0.1) is 0 Å². The van der Waals surface area contributed by atoms with Crippen molar-refractivity contribution in [2.24, 2.45) is 0 Å². The van der Waals surface area contributed by atoms with E-state index in [1.807, 2.05) is 24.3 Å². The predicted octanol–water partition coefficient (Wildman–Crippen LogP) is 3.26. The number of benzene rings is 1. The van der Waals surface area contributed by atoms with Gasteiger partial charge in [0.15, 0.2) is 0 Å². The van der Waals surface area contributed by atoms with Gasteiger partial charge in [-0.1, -0.05) is 28.1 Å². The van der Waals surface area contributed by atoms with Crippen LogP contribution in [0.3, 0.4) is 0 Å². The minimum atomic E-state index is -0.650. The Bertz CT molecular complexity index is 586. The Morgan fingerprint density at radius 3 is 2.63 bits per heavy atom. The Kier molecular flexibility index (Phi) is 4.27. The van der Waals surface area contributed by atoms with E-state index < -0.39 is 5.95 Å². The van der Waals surface area contributed by atoms with Gasteiger partial charge in [-0.2, -0.15) is 4.39 Å². The van der Waals surface area contributed by atoms with Crippen molar-refractivity contribution in [3.63, 3.8) is 0 Å². The second-order valence-electron chi connectivity index (χ2n) is 4.15. The van der Waals surface area contributed by atoms with E-state index >= 15 is 0 Å². The van der Waals surface area contributed by atoms with Gasteiger partial charge in [-0.3, -0.25) is 4.79 Å². The van der Waals surface area contributed by atoms with E-state index in [1.54, 1.807) is 7.05 Å². The molecule has 0 unspecified atom stereocenters. The zero-order valence-electron chi connectivity index (χ0n) is 10.3. The van der Waals surface area contributed by atoms with Crippen LogP contribution in [-0.2, 0) is 6.54 Å². The van der Waals surface area contributed by atoms with Gasteiger partial charge >= 0.3 is 0 Å². The molecule has 1 aromatic carbocycles. The van der Waals surface area contributed by atoms with Gasteiger partial charge in [0.1, 0.15) is 0 Å². The van der Waals surface area contributed by atoms with Crippen molar-refractivity contribution in [2.45, 2.75) is 6.54 Å². The minimum Gasteiger partial charge on any atom is -0.337 e. The minimum absolute atomic E-state index is 0.232. The molecule has 0 atom stereocenters. The molecule has 3 nitrogen and oxygen atoms in total. The summed E-state index contributed by atoms with van der Waals surface area (Å²) in [6.45, 7) is 0.468. The number of nitrogens with zero attached hydrogens (tertiary/aromatic N) is 2. The first-order valence-electron chi connectivity index (χ1n) is 5.68. The van der Waals surface area contributed by atoms with E-state index in [0.717, 1.165) is 16.1 Å². The quantitative estimate of drug-likeness (QED) is 0.813. The van der Waals surface area contributed by atoms with Crippen molar-refractivity contribution < 1.29 is 9.18 Å². The molecule has 0 radical (unpaired) electrons. The third kappa shape index (κ3) is 3.61. The summed E-state index contributed by atoms with van der Waals surface area (Å²) in [5, 5.41) is 0. The molecule has 2 rings (SSSR count). The van der Waals surface area contributed by atoms with Crippen LogP contribution in [0.4, 0.5) is 4.39 Å². The largest absolute Gasteiger partial charge is 0.337 e. The molecule has 0 saturated heterocycles. The van der Waals surface area contributed by atoms with E-state index in [4.69, 9.17) is 0 Å². The second kappa shape index (κ2) is 5.93. The maximum atomic E-state index is 13.0. The van der Waals surface area contributed by atoms with Gasteiger partial charge in [-0.15, -0.1) is 0 Å². The highest BCUT2D eigenvalue weighted by atomic mass is 79.9. The van der Waals surface area contributed by atoms with Crippen LogP contribution in [0.1, 0.15) is 15.9 Å². The van der Waals surface area contributed by atoms with E-state index in [1.165, 1.54) is 17.2 Å². The Morgan fingerprint density at radius 1 is 1.32 bits per heavy atom. The maximum Gasteiger partial charge on any atom is 0.254 e. The lowest BCUT2D eigenvalue weighted by Crippen LogP contribution is -2.26. The van der Waals surface area contributed by atoms with E-state index in [-0.39, 0.29) is 5.91 Å². The Morgan fingerprint density at radius 2 is 2.00 bits per heavy atom. The lowest BCUT2D eigenvalue weighted by Gasteiger charge is -2.17. The van der Waals surface area contributed by atoms with Crippen molar-refractivity contribution in [3.8, 4) is 0 Å². The first-order chi connectivity index (χ1) is 9.06. The standard InChI is InChI=1S/C14H12BrFN2O/c1-18(9-10-2-4-12(15)5-3-10)14(19)11-6-7-17-13(16)8-11/h2-8H,9H2,1H3. The molecule has 1 heterocycles. The number of carbonyl (C=O) groups is 1. The molecule has 0 fully saturated rings. The molecule has 0 aliphatic heterocycles. The van der Waals surface area contributed by atoms with Crippen LogP contribution < -0.4 is 0 Å². The lowest BCUT2D eigenvalue weighted by atomic mass is 10.2. The molecule has 19 heavy (non-hydrogen) atoms. The van der Waals surface area contributed by atoms with E-state index in [2.05, 4.69) is 20.9 Å². The number of halogens is 2. The molecule has 0 aliphatic rings. The van der Waals surface area contributed by atoms with Crippen molar-refractivity contribution in [2.75, 3.05) is 7.05 Å². The average molecular weight is 323 g/mol. The van der Waals surface area contributed by atoms with Gasteiger partial charge in [-0.05, 0) is 23.8 Å². The third-order valence-corrected chi connectivity index (χ3v) is 3.18. The first-order valence-corrected chi connectivity index (χ1v) is 6.47. The average Bonchev–Trinajstić information content (AvgIpc) is 2.40. The van der Waals surface area contributed by atoms with Crippen molar-refractivity contribution >= 4 is 21.8 Å². The lowest BCUT2D eigenvalue weighted by molar-refractivity contribution is 0.0784. The maximum absolute atomic E-state index is 13.0. The number of pyridine rings is 1. The highest BCUT2D eigenvalue weighted by Crippen LogP contribution is 2.13. The third-order valence-electron chi connectivity index (χ3n) is 2.65. The molecule has 1 amide bonds. The first kappa shape index (κ1) is 13.7.